The normalized spacial score (nSPS) is 20.4. The van der Waals surface area contributed by atoms with Crippen LogP contribution in [0.1, 0.15) is 13.8 Å². The van der Waals surface area contributed by atoms with Crippen LogP contribution >= 0.6 is 0 Å². The van der Waals surface area contributed by atoms with Gasteiger partial charge in [0.1, 0.15) is 6.04 Å². The van der Waals surface area contributed by atoms with Gasteiger partial charge in [-0.15, -0.1) is 0 Å². The molecule has 6 heteroatoms. The van der Waals surface area contributed by atoms with Gasteiger partial charge < -0.3 is 15.4 Å². The third kappa shape index (κ3) is 3.98. The van der Waals surface area contributed by atoms with Crippen LogP contribution in [0, 0.1) is 0 Å². The molecule has 17 heavy (non-hydrogen) atoms. The predicted molar refractivity (Wildman–Crippen MR) is 63.5 cm³/mol. The molecule has 0 aromatic carbocycles. The summed E-state index contributed by atoms with van der Waals surface area (Å²) >= 11 is 0. The Morgan fingerprint density at radius 2 is 1.88 bits per heavy atom. The summed E-state index contributed by atoms with van der Waals surface area (Å²) in [4.78, 5) is 25.2. The molecular formula is C11H21N3O3. The van der Waals surface area contributed by atoms with Crippen molar-refractivity contribution in [3.05, 3.63) is 0 Å². The van der Waals surface area contributed by atoms with Gasteiger partial charge in [0.05, 0.1) is 13.2 Å². The van der Waals surface area contributed by atoms with E-state index in [1.165, 1.54) is 7.11 Å². The van der Waals surface area contributed by atoms with Gasteiger partial charge in [-0.3, -0.25) is 9.69 Å². The van der Waals surface area contributed by atoms with Crippen LogP contribution in [0.25, 0.3) is 0 Å². The number of methoxy groups -OCH3 is 1. The zero-order chi connectivity index (χ0) is 12.8. The highest BCUT2D eigenvalue weighted by Gasteiger charge is 2.25. The number of ether oxygens (including phenoxy) is 1. The van der Waals surface area contributed by atoms with Crippen LogP contribution in [0.2, 0.25) is 0 Å². The van der Waals surface area contributed by atoms with Gasteiger partial charge in [0.2, 0.25) is 5.91 Å². The third-order valence-corrected chi connectivity index (χ3v) is 2.99. The maximum absolute atomic E-state index is 11.9. The lowest BCUT2D eigenvalue weighted by atomic mass is 10.2. The van der Waals surface area contributed by atoms with Crippen LogP contribution in [0.15, 0.2) is 0 Å². The zero-order valence-corrected chi connectivity index (χ0v) is 10.7. The second kappa shape index (κ2) is 6.56. The van der Waals surface area contributed by atoms with E-state index in [4.69, 9.17) is 0 Å². The number of esters is 1. The molecule has 1 fully saturated rings. The van der Waals surface area contributed by atoms with Crippen LogP contribution in [-0.2, 0) is 14.3 Å². The molecule has 6 nitrogen and oxygen atoms in total. The van der Waals surface area contributed by atoms with Crippen LogP contribution in [-0.4, -0.2) is 62.1 Å². The fourth-order valence-corrected chi connectivity index (χ4v) is 1.80. The number of carbonyl (C=O) groups excluding carboxylic acids is 2. The van der Waals surface area contributed by atoms with Crippen molar-refractivity contribution in [2.75, 3.05) is 33.3 Å². The van der Waals surface area contributed by atoms with Crippen molar-refractivity contribution in [2.45, 2.75) is 25.9 Å². The van der Waals surface area contributed by atoms with Crippen molar-refractivity contribution in [3.8, 4) is 0 Å². The number of nitrogens with zero attached hydrogens (tertiary/aromatic N) is 1. The van der Waals surface area contributed by atoms with Crippen molar-refractivity contribution in [2.24, 2.45) is 0 Å². The first-order valence-corrected chi connectivity index (χ1v) is 5.89. The van der Waals surface area contributed by atoms with Gasteiger partial charge in [-0.2, -0.15) is 0 Å². The van der Waals surface area contributed by atoms with Crippen molar-refractivity contribution in [3.63, 3.8) is 0 Å². The topological polar surface area (TPSA) is 70.7 Å². The van der Waals surface area contributed by atoms with E-state index < -0.39 is 12.0 Å². The third-order valence-electron chi connectivity index (χ3n) is 2.99. The minimum Gasteiger partial charge on any atom is -0.467 e. The van der Waals surface area contributed by atoms with E-state index in [9.17, 15) is 9.59 Å². The van der Waals surface area contributed by atoms with Crippen molar-refractivity contribution >= 4 is 11.9 Å². The lowest BCUT2D eigenvalue weighted by molar-refractivity contribution is -0.145. The summed E-state index contributed by atoms with van der Waals surface area (Å²) in [5.41, 5.74) is 0. The fraction of sp³-hybridized carbons (Fsp3) is 0.818. The number of hydrogen-bond acceptors (Lipinski definition) is 5. The lowest BCUT2D eigenvalue weighted by Gasteiger charge is -2.32. The van der Waals surface area contributed by atoms with Gasteiger partial charge in [0, 0.05) is 26.2 Å². The Morgan fingerprint density at radius 1 is 1.29 bits per heavy atom. The van der Waals surface area contributed by atoms with Crippen LogP contribution in [0.3, 0.4) is 0 Å². The average molecular weight is 243 g/mol. The van der Waals surface area contributed by atoms with Gasteiger partial charge in [-0.25, -0.2) is 4.79 Å². The van der Waals surface area contributed by atoms with Crippen LogP contribution < -0.4 is 10.6 Å². The molecular weight excluding hydrogens is 222 g/mol. The summed E-state index contributed by atoms with van der Waals surface area (Å²) < 4.78 is 4.56. The molecule has 0 saturated carbocycles. The second-order valence-corrected chi connectivity index (χ2v) is 4.22. The molecule has 0 radical (unpaired) electrons. The Hall–Kier alpha value is -1.14. The van der Waals surface area contributed by atoms with Crippen molar-refractivity contribution in [1.82, 2.24) is 15.5 Å². The predicted octanol–water partition coefficient (Wildman–Crippen LogP) is -1.04. The van der Waals surface area contributed by atoms with E-state index in [0.717, 1.165) is 26.2 Å². The number of piperazine rings is 1. The first-order valence-electron chi connectivity index (χ1n) is 5.89. The fourth-order valence-electron chi connectivity index (χ4n) is 1.80. The lowest BCUT2D eigenvalue weighted by Crippen LogP contribution is -2.54. The molecule has 1 heterocycles. The molecule has 1 aliphatic heterocycles. The Bertz CT molecular complexity index is 277. The average Bonchev–Trinajstić information content (AvgIpc) is 2.37. The van der Waals surface area contributed by atoms with E-state index in [2.05, 4.69) is 20.3 Å². The highest BCUT2D eigenvalue weighted by atomic mass is 16.5. The number of hydrogen-bond donors (Lipinski definition) is 2. The first-order chi connectivity index (χ1) is 8.06. The highest BCUT2D eigenvalue weighted by molar-refractivity contribution is 5.87. The van der Waals surface area contributed by atoms with E-state index in [1.54, 1.807) is 6.92 Å². The molecule has 0 aromatic heterocycles. The Balaban J connectivity index is 2.43. The highest BCUT2D eigenvalue weighted by Crippen LogP contribution is 2.01. The smallest absolute Gasteiger partial charge is 0.328 e. The summed E-state index contributed by atoms with van der Waals surface area (Å²) in [5, 5.41) is 5.88. The molecule has 1 amide bonds. The molecule has 1 aliphatic rings. The maximum atomic E-state index is 11.9. The quantitative estimate of drug-likeness (QED) is 0.617. The number of amides is 1. The van der Waals surface area contributed by atoms with Gasteiger partial charge in [0.25, 0.3) is 0 Å². The van der Waals surface area contributed by atoms with E-state index in [-0.39, 0.29) is 11.9 Å². The summed E-state index contributed by atoms with van der Waals surface area (Å²) in [6, 6.07) is -0.818. The van der Waals surface area contributed by atoms with E-state index >= 15 is 0 Å². The largest absolute Gasteiger partial charge is 0.467 e. The molecule has 2 atom stereocenters. The Kier molecular flexibility index (Phi) is 5.37. The van der Waals surface area contributed by atoms with Gasteiger partial charge >= 0.3 is 5.97 Å². The minimum absolute atomic E-state index is 0.134. The van der Waals surface area contributed by atoms with E-state index in [1.807, 2.05) is 6.92 Å². The molecule has 0 aliphatic carbocycles. The summed E-state index contributed by atoms with van der Waals surface area (Å²) in [5.74, 6) is -0.560. The summed E-state index contributed by atoms with van der Waals surface area (Å²) in [6.07, 6.45) is 0. The van der Waals surface area contributed by atoms with Crippen molar-refractivity contribution < 1.29 is 14.3 Å². The minimum atomic E-state index is -0.599. The van der Waals surface area contributed by atoms with Crippen LogP contribution in [0.5, 0.6) is 0 Å². The molecule has 0 bridgehead atoms. The molecule has 0 aromatic rings. The number of carbonyl (C=O) groups is 2. The molecule has 2 unspecified atom stereocenters. The monoisotopic (exact) mass is 243 g/mol. The van der Waals surface area contributed by atoms with Gasteiger partial charge in [-0.05, 0) is 13.8 Å². The van der Waals surface area contributed by atoms with Crippen molar-refractivity contribution in [1.29, 1.82) is 0 Å². The summed E-state index contributed by atoms with van der Waals surface area (Å²) in [7, 11) is 1.31. The SMILES string of the molecule is COC(=O)C(C)NC(=O)C(C)N1CCNCC1. The van der Waals surface area contributed by atoms with Gasteiger partial charge in [0.15, 0.2) is 0 Å². The zero-order valence-electron chi connectivity index (χ0n) is 10.7. The van der Waals surface area contributed by atoms with Gasteiger partial charge in [-0.1, -0.05) is 0 Å². The number of rotatable bonds is 4. The summed E-state index contributed by atoms with van der Waals surface area (Å²) in [6.45, 7) is 6.95. The molecule has 0 spiro atoms. The molecule has 1 rings (SSSR count). The van der Waals surface area contributed by atoms with E-state index in [0.29, 0.717) is 0 Å². The molecule has 1 saturated heterocycles. The second-order valence-electron chi connectivity index (χ2n) is 4.22. The molecule has 98 valence electrons. The Labute approximate surface area is 102 Å². The number of nitrogens with one attached hydrogen (secondary N) is 2. The Morgan fingerprint density at radius 3 is 2.41 bits per heavy atom. The standard InChI is InChI=1S/C11H21N3O3/c1-8(11(16)17-3)13-10(15)9(2)14-6-4-12-5-7-14/h8-9,12H,4-7H2,1-3H3,(H,13,15). The first kappa shape index (κ1) is 13.9. The van der Waals surface area contributed by atoms with Crippen LogP contribution in [0.4, 0.5) is 0 Å². The molecule has 2 N–H and O–H groups in total. The maximum Gasteiger partial charge on any atom is 0.328 e.